The van der Waals surface area contributed by atoms with Gasteiger partial charge in [-0.15, -0.1) is 0 Å². The van der Waals surface area contributed by atoms with Crippen LogP contribution in [-0.4, -0.2) is 15.3 Å². The normalized spacial score (nSPS) is 11.2. The lowest BCUT2D eigenvalue weighted by molar-refractivity contribution is -0.111. The molecule has 0 unspecified atom stereocenters. The lowest BCUT2D eigenvalue weighted by atomic mass is 10.3. The van der Waals surface area contributed by atoms with Crippen LogP contribution in [0.15, 0.2) is 57.8 Å². The molecule has 25 heavy (non-hydrogen) atoms. The summed E-state index contributed by atoms with van der Waals surface area (Å²) in [6.45, 7) is 3.62. The second-order valence-corrected chi connectivity index (χ2v) is 5.71. The lowest BCUT2D eigenvalue weighted by Crippen LogP contribution is -2.22. The third-order valence-electron chi connectivity index (χ3n) is 3.96. The summed E-state index contributed by atoms with van der Waals surface area (Å²) in [5, 5.41) is 2.66. The molecule has 0 saturated carbocycles. The van der Waals surface area contributed by atoms with Crippen LogP contribution in [0.2, 0.25) is 0 Å². The minimum atomic E-state index is -0.389. The number of anilines is 1. The van der Waals surface area contributed by atoms with E-state index in [2.05, 4.69) is 5.32 Å². The van der Waals surface area contributed by atoms with Gasteiger partial charge in [0.15, 0.2) is 0 Å². The van der Waals surface area contributed by atoms with Crippen LogP contribution >= 0.6 is 0 Å². The Morgan fingerprint density at radius 2 is 1.84 bits per heavy atom. The summed E-state index contributed by atoms with van der Waals surface area (Å²) in [7, 11) is 1.78. The maximum absolute atomic E-state index is 12.7. The number of nitrogens with zero attached hydrogens (tertiary/aromatic N) is 2. The lowest BCUT2D eigenvalue weighted by Gasteiger charge is -2.07. The fourth-order valence-electron chi connectivity index (χ4n) is 2.58. The first-order valence-corrected chi connectivity index (χ1v) is 7.87. The molecule has 0 fully saturated rings. The molecule has 6 heteroatoms. The highest BCUT2D eigenvalue weighted by molar-refractivity contribution is 6.02. The Morgan fingerprint density at radius 1 is 1.12 bits per heavy atom. The molecule has 2 aromatic heterocycles. The van der Waals surface area contributed by atoms with Crippen molar-refractivity contribution in [3.63, 3.8) is 0 Å². The van der Waals surface area contributed by atoms with Crippen LogP contribution in [0.4, 0.5) is 5.69 Å². The van der Waals surface area contributed by atoms with Gasteiger partial charge in [0.05, 0.1) is 11.4 Å². The summed E-state index contributed by atoms with van der Waals surface area (Å²) in [5.41, 5.74) is 1.39. The van der Waals surface area contributed by atoms with E-state index in [9.17, 15) is 9.59 Å². The largest absolute Gasteiger partial charge is 0.462 e. The van der Waals surface area contributed by atoms with Crippen LogP contribution in [0.1, 0.15) is 17.2 Å². The van der Waals surface area contributed by atoms with E-state index < -0.39 is 0 Å². The predicted molar refractivity (Wildman–Crippen MR) is 96.9 cm³/mol. The highest BCUT2D eigenvalue weighted by atomic mass is 16.3. The number of carbonyl (C=O) groups is 1. The zero-order valence-electron chi connectivity index (χ0n) is 14.3. The Labute approximate surface area is 145 Å². The molecule has 0 atom stereocenters. The van der Waals surface area contributed by atoms with Crippen LogP contribution in [0.25, 0.3) is 11.8 Å². The van der Waals surface area contributed by atoms with Gasteiger partial charge in [-0.05, 0) is 44.2 Å². The first-order valence-electron chi connectivity index (χ1n) is 7.87. The zero-order valence-corrected chi connectivity index (χ0v) is 14.3. The third kappa shape index (κ3) is 3.33. The molecule has 3 aromatic rings. The molecule has 128 valence electrons. The van der Waals surface area contributed by atoms with Crippen LogP contribution in [0.3, 0.4) is 0 Å². The van der Waals surface area contributed by atoms with Crippen molar-refractivity contribution in [1.82, 2.24) is 9.36 Å². The average molecular weight is 337 g/mol. The summed E-state index contributed by atoms with van der Waals surface area (Å²) in [6.07, 6.45) is 2.91. The number of rotatable bonds is 4. The van der Waals surface area contributed by atoms with Gasteiger partial charge in [0.25, 0.3) is 5.56 Å². The number of hydrogen-bond acceptors (Lipinski definition) is 3. The summed E-state index contributed by atoms with van der Waals surface area (Å²) >= 11 is 0. The number of para-hydroxylation sites is 1. The monoisotopic (exact) mass is 337 g/mol. The minimum Gasteiger partial charge on any atom is -0.462 e. The fourth-order valence-corrected chi connectivity index (χ4v) is 2.58. The van der Waals surface area contributed by atoms with Gasteiger partial charge >= 0.3 is 0 Å². The number of aryl methyl sites for hydroxylation is 1. The Balaban J connectivity index is 1.87. The first kappa shape index (κ1) is 16.6. The van der Waals surface area contributed by atoms with E-state index in [4.69, 9.17) is 4.42 Å². The number of nitrogens with one attached hydrogen (secondary N) is 1. The van der Waals surface area contributed by atoms with Gasteiger partial charge in [-0.2, -0.15) is 0 Å². The molecule has 0 aliphatic carbocycles. The number of benzene rings is 1. The molecular weight excluding hydrogens is 318 g/mol. The fraction of sp³-hybridized carbons (Fsp3) is 0.158. The van der Waals surface area contributed by atoms with Gasteiger partial charge in [0, 0.05) is 13.1 Å². The van der Waals surface area contributed by atoms with Gasteiger partial charge in [-0.1, -0.05) is 18.2 Å². The van der Waals surface area contributed by atoms with Crippen LogP contribution < -0.4 is 10.9 Å². The van der Waals surface area contributed by atoms with E-state index >= 15 is 0 Å². The van der Waals surface area contributed by atoms with E-state index in [1.807, 2.05) is 43.3 Å². The van der Waals surface area contributed by atoms with Gasteiger partial charge < -0.3 is 9.73 Å². The van der Waals surface area contributed by atoms with Crippen molar-refractivity contribution in [2.24, 2.45) is 7.05 Å². The molecule has 0 saturated heterocycles. The maximum atomic E-state index is 12.7. The molecule has 2 heterocycles. The van der Waals surface area contributed by atoms with Crippen molar-refractivity contribution in [2.75, 3.05) is 5.32 Å². The predicted octanol–water partition coefficient (Wildman–Crippen LogP) is 3.04. The number of aromatic nitrogens is 2. The average Bonchev–Trinajstić information content (AvgIpc) is 3.11. The summed E-state index contributed by atoms with van der Waals surface area (Å²) in [5.74, 6) is 0.962. The van der Waals surface area contributed by atoms with Crippen molar-refractivity contribution in [1.29, 1.82) is 0 Å². The highest BCUT2D eigenvalue weighted by Gasteiger charge is 2.17. The molecule has 0 radical (unpaired) electrons. The van der Waals surface area contributed by atoms with Crippen LogP contribution in [0.5, 0.6) is 0 Å². The SMILES string of the molecule is Cc1ccc(C=CC(=O)Nc2c(C)n(C)n(-c3ccccc3)c2=O)o1. The van der Waals surface area contributed by atoms with Crippen molar-refractivity contribution in [3.8, 4) is 5.69 Å². The van der Waals surface area contributed by atoms with Gasteiger partial charge in [0.1, 0.15) is 17.2 Å². The molecule has 0 bridgehead atoms. The Morgan fingerprint density at radius 3 is 2.48 bits per heavy atom. The Bertz CT molecular complexity index is 991. The Hall–Kier alpha value is -3.28. The van der Waals surface area contributed by atoms with Gasteiger partial charge in [-0.25, -0.2) is 4.68 Å². The first-order chi connectivity index (χ1) is 12.0. The van der Waals surface area contributed by atoms with E-state index in [0.29, 0.717) is 11.5 Å². The molecule has 1 amide bonds. The molecule has 1 aromatic carbocycles. The van der Waals surface area contributed by atoms with Crippen molar-refractivity contribution in [2.45, 2.75) is 13.8 Å². The number of furan rings is 1. The Kier molecular flexibility index (Phi) is 4.43. The topological polar surface area (TPSA) is 69.2 Å². The number of hydrogen-bond donors (Lipinski definition) is 1. The van der Waals surface area contributed by atoms with Crippen LogP contribution in [0, 0.1) is 13.8 Å². The smallest absolute Gasteiger partial charge is 0.295 e. The standard InChI is InChI=1S/C19H19N3O3/c1-13-9-10-16(25-13)11-12-17(23)20-18-14(2)21(3)22(19(18)24)15-7-5-4-6-8-15/h4-12H,1-3H3,(H,20,23). The van der Waals surface area contributed by atoms with E-state index in [-0.39, 0.29) is 17.2 Å². The molecule has 6 nitrogen and oxygen atoms in total. The highest BCUT2D eigenvalue weighted by Crippen LogP contribution is 2.14. The molecular formula is C19H19N3O3. The quantitative estimate of drug-likeness (QED) is 0.744. The molecule has 1 N–H and O–H groups in total. The zero-order chi connectivity index (χ0) is 18.0. The number of amides is 1. The second-order valence-electron chi connectivity index (χ2n) is 5.71. The summed E-state index contributed by atoms with van der Waals surface area (Å²) in [4.78, 5) is 24.9. The van der Waals surface area contributed by atoms with E-state index in [0.717, 1.165) is 11.4 Å². The third-order valence-corrected chi connectivity index (χ3v) is 3.96. The van der Waals surface area contributed by atoms with E-state index in [1.54, 1.807) is 30.8 Å². The molecule has 3 rings (SSSR count). The van der Waals surface area contributed by atoms with E-state index in [1.165, 1.54) is 10.8 Å². The minimum absolute atomic E-state index is 0.261. The molecule has 0 aliphatic heterocycles. The summed E-state index contributed by atoms with van der Waals surface area (Å²) in [6, 6.07) is 12.9. The number of carbonyl (C=O) groups excluding carboxylic acids is 1. The van der Waals surface area contributed by atoms with Crippen molar-refractivity contribution in [3.05, 3.63) is 76.1 Å². The van der Waals surface area contributed by atoms with Crippen molar-refractivity contribution < 1.29 is 9.21 Å². The summed E-state index contributed by atoms with van der Waals surface area (Å²) < 4.78 is 8.61. The van der Waals surface area contributed by atoms with Gasteiger partial charge in [0.2, 0.25) is 5.91 Å². The molecule has 0 aliphatic rings. The molecule has 0 spiro atoms. The van der Waals surface area contributed by atoms with Crippen LogP contribution in [-0.2, 0) is 11.8 Å². The maximum Gasteiger partial charge on any atom is 0.295 e. The van der Waals surface area contributed by atoms with Crippen molar-refractivity contribution >= 4 is 17.7 Å². The second kappa shape index (κ2) is 6.68. The van der Waals surface area contributed by atoms with Gasteiger partial charge in [-0.3, -0.25) is 14.3 Å².